The molecule has 30 heavy (non-hydrogen) atoms. The molecule has 0 spiro atoms. The van der Waals surface area contributed by atoms with Gasteiger partial charge in [0, 0.05) is 24.3 Å². The summed E-state index contributed by atoms with van der Waals surface area (Å²) in [6.07, 6.45) is 1.20. The Morgan fingerprint density at radius 3 is 2.43 bits per heavy atom. The summed E-state index contributed by atoms with van der Waals surface area (Å²) in [7, 11) is 0. The number of alkyl halides is 3. The summed E-state index contributed by atoms with van der Waals surface area (Å²) in [6.45, 7) is 0.580. The maximum absolute atomic E-state index is 13.2. The van der Waals surface area contributed by atoms with Crippen molar-refractivity contribution in [2.75, 3.05) is 18.1 Å². The number of ether oxygens (including phenoxy) is 1. The number of ketones is 1. The smallest absolute Gasteiger partial charge is 0.279 e. The lowest BCUT2D eigenvalue weighted by Gasteiger charge is -2.29. The maximum Gasteiger partial charge on any atom is 0.279 e. The Kier molecular flexibility index (Phi) is 6.98. The highest BCUT2D eigenvalue weighted by Crippen LogP contribution is 2.35. The summed E-state index contributed by atoms with van der Waals surface area (Å²) in [4.78, 5) is 37.9. The van der Waals surface area contributed by atoms with E-state index in [1.807, 2.05) is 0 Å². The van der Waals surface area contributed by atoms with E-state index < -0.39 is 20.4 Å². The Labute approximate surface area is 187 Å². The molecule has 1 aliphatic rings. The first-order valence-corrected chi connectivity index (χ1v) is 10.2. The van der Waals surface area contributed by atoms with E-state index in [9.17, 15) is 19.7 Å². The van der Waals surface area contributed by atoms with Gasteiger partial charge >= 0.3 is 0 Å². The second-order valence-electron chi connectivity index (χ2n) is 6.70. The second-order valence-corrected chi connectivity index (χ2v) is 8.98. The van der Waals surface area contributed by atoms with Gasteiger partial charge in [-0.3, -0.25) is 19.7 Å². The number of amides is 1. The number of rotatable bonds is 6. The van der Waals surface area contributed by atoms with Crippen LogP contribution in [0.25, 0.3) is 0 Å². The van der Waals surface area contributed by atoms with Gasteiger partial charge in [-0.15, -0.1) is 0 Å². The highest BCUT2D eigenvalue weighted by molar-refractivity contribution is 6.77. The predicted octanol–water partition coefficient (Wildman–Crippen LogP) is 4.71. The number of nitro groups is 1. The Bertz CT molecular complexity index is 957. The summed E-state index contributed by atoms with van der Waals surface area (Å²) in [5, 5.41) is 11.3. The number of non-ortho nitro benzene ring substituents is 1. The number of hydrogen-bond donors (Lipinski definition) is 0. The molecule has 0 saturated carbocycles. The molecule has 1 unspecified atom stereocenters. The Hall–Kier alpha value is -2.19. The number of halogens is 3. The number of carbonyl (C=O) groups is 2. The van der Waals surface area contributed by atoms with Crippen molar-refractivity contribution in [3.8, 4) is 0 Å². The van der Waals surface area contributed by atoms with Crippen molar-refractivity contribution < 1.29 is 19.2 Å². The van der Waals surface area contributed by atoms with E-state index in [-0.39, 0.29) is 29.6 Å². The quantitative estimate of drug-likeness (QED) is 0.263. The average Bonchev–Trinajstić information content (AvgIpc) is 3.24. The molecule has 3 rings (SSSR count). The first-order valence-electron chi connectivity index (χ1n) is 9.07. The number of hydrogen-bond acceptors (Lipinski definition) is 5. The lowest BCUT2D eigenvalue weighted by Crippen LogP contribution is -2.44. The molecule has 0 aliphatic carbocycles. The lowest BCUT2D eigenvalue weighted by molar-refractivity contribution is -0.384. The SMILES string of the molecule is O=C(c1ccccc1)c1cc([N+](=O)[O-])ccc1N(CC1CCCO1)C(=O)C(Cl)(Cl)Cl. The number of nitrogens with zero attached hydrogens (tertiary/aromatic N) is 2. The highest BCUT2D eigenvalue weighted by atomic mass is 35.6. The van der Waals surface area contributed by atoms with Crippen molar-refractivity contribution in [3.63, 3.8) is 0 Å². The highest BCUT2D eigenvalue weighted by Gasteiger charge is 2.39. The zero-order valence-corrected chi connectivity index (χ0v) is 17.9. The van der Waals surface area contributed by atoms with Gasteiger partial charge in [-0.05, 0) is 18.9 Å². The molecule has 1 atom stereocenters. The van der Waals surface area contributed by atoms with Gasteiger partial charge in [0.05, 0.1) is 28.8 Å². The fourth-order valence-corrected chi connectivity index (χ4v) is 3.54. The van der Waals surface area contributed by atoms with E-state index in [0.717, 1.165) is 17.4 Å². The van der Waals surface area contributed by atoms with Gasteiger partial charge in [-0.25, -0.2) is 0 Å². The number of anilines is 1. The molecule has 158 valence electrons. The average molecular weight is 472 g/mol. The molecular weight excluding hydrogens is 455 g/mol. The zero-order valence-electron chi connectivity index (χ0n) is 15.6. The van der Waals surface area contributed by atoms with Crippen LogP contribution in [0.3, 0.4) is 0 Å². The van der Waals surface area contributed by atoms with Crippen LogP contribution in [-0.2, 0) is 9.53 Å². The summed E-state index contributed by atoms with van der Waals surface area (Å²) in [5.41, 5.74) is 0.0753. The molecule has 1 fully saturated rings. The van der Waals surface area contributed by atoms with Crippen LogP contribution in [0.1, 0.15) is 28.8 Å². The van der Waals surface area contributed by atoms with Gasteiger partial charge in [-0.2, -0.15) is 0 Å². The summed E-state index contributed by atoms with van der Waals surface area (Å²) < 4.78 is 3.31. The first kappa shape index (κ1) is 22.5. The normalized spacial score (nSPS) is 16.3. The zero-order chi connectivity index (χ0) is 21.9. The van der Waals surface area contributed by atoms with Gasteiger partial charge in [-0.1, -0.05) is 65.1 Å². The standard InChI is InChI=1S/C20H17Cl3N2O5/c21-20(22,23)19(27)24(12-15-7-4-10-30-15)17-9-8-14(25(28)29)11-16(17)18(26)13-5-2-1-3-6-13/h1-3,5-6,8-9,11,15H,4,7,10,12H2. The molecule has 2 aromatic rings. The van der Waals surface area contributed by atoms with Crippen LogP contribution in [0.2, 0.25) is 0 Å². The van der Waals surface area contributed by atoms with Crippen molar-refractivity contribution in [3.05, 3.63) is 69.8 Å². The third kappa shape index (κ3) is 5.10. The lowest BCUT2D eigenvalue weighted by atomic mass is 10.00. The molecule has 0 bridgehead atoms. The molecule has 2 aromatic carbocycles. The van der Waals surface area contributed by atoms with Crippen LogP contribution in [0.4, 0.5) is 11.4 Å². The number of benzene rings is 2. The van der Waals surface area contributed by atoms with Crippen molar-refractivity contribution >= 4 is 57.9 Å². The van der Waals surface area contributed by atoms with Crippen LogP contribution in [0.15, 0.2) is 48.5 Å². The molecule has 1 saturated heterocycles. The van der Waals surface area contributed by atoms with Gasteiger partial charge < -0.3 is 9.64 Å². The van der Waals surface area contributed by atoms with Crippen molar-refractivity contribution in [1.82, 2.24) is 0 Å². The molecule has 0 N–H and O–H groups in total. The van der Waals surface area contributed by atoms with Crippen molar-refractivity contribution in [2.24, 2.45) is 0 Å². The summed E-state index contributed by atoms with van der Waals surface area (Å²) >= 11 is 17.6. The van der Waals surface area contributed by atoms with E-state index in [1.54, 1.807) is 30.3 Å². The van der Waals surface area contributed by atoms with Gasteiger partial charge in [0.15, 0.2) is 5.78 Å². The topological polar surface area (TPSA) is 89.8 Å². The van der Waals surface area contributed by atoms with E-state index in [0.29, 0.717) is 18.6 Å². The van der Waals surface area contributed by atoms with Crippen LogP contribution in [0, 0.1) is 10.1 Å². The molecule has 10 heteroatoms. The van der Waals surface area contributed by atoms with Crippen molar-refractivity contribution in [1.29, 1.82) is 0 Å². The molecule has 1 aliphatic heterocycles. The molecule has 7 nitrogen and oxygen atoms in total. The minimum Gasteiger partial charge on any atom is -0.376 e. The van der Waals surface area contributed by atoms with Crippen LogP contribution in [0.5, 0.6) is 0 Å². The van der Waals surface area contributed by atoms with Crippen LogP contribution >= 0.6 is 34.8 Å². The van der Waals surface area contributed by atoms with E-state index in [2.05, 4.69) is 0 Å². The Morgan fingerprint density at radius 2 is 1.87 bits per heavy atom. The maximum atomic E-state index is 13.2. The Balaban J connectivity index is 2.12. The fourth-order valence-electron chi connectivity index (χ4n) is 3.24. The van der Waals surface area contributed by atoms with E-state index in [4.69, 9.17) is 39.5 Å². The number of carbonyl (C=O) groups excluding carboxylic acids is 2. The molecule has 1 amide bonds. The molecule has 0 radical (unpaired) electrons. The number of nitro benzene ring substituents is 1. The minimum atomic E-state index is -2.28. The van der Waals surface area contributed by atoms with Crippen LogP contribution < -0.4 is 4.90 Å². The van der Waals surface area contributed by atoms with Gasteiger partial charge in [0.2, 0.25) is 0 Å². The summed E-state index contributed by atoms with van der Waals surface area (Å²) in [6, 6.07) is 11.9. The largest absolute Gasteiger partial charge is 0.376 e. The third-order valence-corrected chi connectivity index (χ3v) is 5.15. The van der Waals surface area contributed by atoms with Gasteiger partial charge in [0.1, 0.15) is 0 Å². The van der Waals surface area contributed by atoms with E-state index >= 15 is 0 Å². The molecule has 0 aromatic heterocycles. The fraction of sp³-hybridized carbons (Fsp3) is 0.300. The van der Waals surface area contributed by atoms with Gasteiger partial charge in [0.25, 0.3) is 15.4 Å². The Morgan fingerprint density at radius 1 is 1.17 bits per heavy atom. The summed E-state index contributed by atoms with van der Waals surface area (Å²) in [5.74, 6) is -1.37. The third-order valence-electron chi connectivity index (χ3n) is 4.66. The second kappa shape index (κ2) is 9.31. The monoisotopic (exact) mass is 470 g/mol. The molecular formula is C20H17Cl3N2O5. The predicted molar refractivity (Wildman–Crippen MR) is 115 cm³/mol. The van der Waals surface area contributed by atoms with E-state index in [1.165, 1.54) is 12.1 Å². The van der Waals surface area contributed by atoms with Crippen LogP contribution in [-0.4, -0.2) is 39.7 Å². The molecule has 1 heterocycles. The van der Waals surface area contributed by atoms with Crippen molar-refractivity contribution in [2.45, 2.75) is 22.7 Å². The first-order chi connectivity index (χ1) is 14.2. The minimum absolute atomic E-state index is 0.0413.